The Morgan fingerprint density at radius 2 is 1.28 bits per heavy atom. The second kappa shape index (κ2) is 7.53. The molecule has 4 unspecified atom stereocenters. The molecule has 1 aromatic carbocycles. The first-order valence-electron chi connectivity index (χ1n) is 10.7. The minimum atomic E-state index is 0.732. The number of nitriles is 1. The zero-order valence-corrected chi connectivity index (χ0v) is 15.8. The molecule has 0 aromatic heterocycles. The van der Waals surface area contributed by atoms with Gasteiger partial charge >= 0.3 is 0 Å². The summed E-state index contributed by atoms with van der Waals surface area (Å²) in [5, 5.41) is 8.96. The van der Waals surface area contributed by atoms with Gasteiger partial charge in [0.25, 0.3) is 0 Å². The van der Waals surface area contributed by atoms with Crippen LogP contribution in [0.1, 0.15) is 88.2 Å². The molecule has 3 fully saturated rings. The van der Waals surface area contributed by atoms with Gasteiger partial charge in [-0.2, -0.15) is 5.26 Å². The molecule has 0 amide bonds. The molecule has 25 heavy (non-hydrogen) atoms. The largest absolute Gasteiger partial charge is 0.192 e. The van der Waals surface area contributed by atoms with Crippen LogP contribution in [0.2, 0.25) is 0 Å². The molecule has 0 radical (unpaired) electrons. The van der Waals surface area contributed by atoms with Crippen LogP contribution in [0, 0.1) is 40.9 Å². The maximum Gasteiger partial charge on any atom is 0.0991 e. The smallest absolute Gasteiger partial charge is 0.0991 e. The zero-order valence-electron chi connectivity index (χ0n) is 15.8. The van der Waals surface area contributed by atoms with Crippen LogP contribution in [0.5, 0.6) is 0 Å². The van der Waals surface area contributed by atoms with Gasteiger partial charge in [0.2, 0.25) is 0 Å². The Balaban J connectivity index is 1.31. The van der Waals surface area contributed by atoms with Gasteiger partial charge < -0.3 is 0 Å². The van der Waals surface area contributed by atoms with Gasteiger partial charge in [-0.15, -0.1) is 0 Å². The molecule has 3 saturated carbocycles. The average Bonchev–Trinajstić information content (AvgIpc) is 2.68. The Kier molecular flexibility index (Phi) is 5.16. The predicted molar refractivity (Wildman–Crippen MR) is 103 cm³/mol. The van der Waals surface area contributed by atoms with Crippen molar-refractivity contribution in [2.45, 2.75) is 77.0 Å². The van der Waals surface area contributed by atoms with Crippen molar-refractivity contribution < 1.29 is 0 Å². The van der Waals surface area contributed by atoms with Crippen molar-refractivity contribution in [2.24, 2.45) is 29.6 Å². The molecule has 4 rings (SSSR count). The van der Waals surface area contributed by atoms with Crippen molar-refractivity contribution in [1.29, 1.82) is 5.26 Å². The summed E-state index contributed by atoms with van der Waals surface area (Å²) in [4.78, 5) is 0. The number of rotatable bonds is 2. The summed E-state index contributed by atoms with van der Waals surface area (Å²) in [6, 6.07) is 10.6. The predicted octanol–water partition coefficient (Wildman–Crippen LogP) is 6.68. The van der Waals surface area contributed by atoms with Crippen LogP contribution in [-0.4, -0.2) is 0 Å². The number of hydrogen-bond acceptors (Lipinski definition) is 1. The molecule has 0 saturated heterocycles. The number of benzene rings is 1. The van der Waals surface area contributed by atoms with Gasteiger partial charge in [0.1, 0.15) is 0 Å². The second-order valence-electron chi connectivity index (χ2n) is 9.36. The maximum atomic E-state index is 8.96. The van der Waals surface area contributed by atoms with Gasteiger partial charge in [-0.25, -0.2) is 0 Å². The van der Waals surface area contributed by atoms with Crippen LogP contribution >= 0.6 is 0 Å². The summed E-state index contributed by atoms with van der Waals surface area (Å²) < 4.78 is 0. The van der Waals surface area contributed by atoms with Gasteiger partial charge in [0, 0.05) is 0 Å². The highest BCUT2D eigenvalue weighted by Gasteiger charge is 2.38. The molecule has 0 N–H and O–H groups in total. The van der Waals surface area contributed by atoms with Crippen LogP contribution in [-0.2, 0) is 0 Å². The molecule has 3 aliphatic carbocycles. The highest BCUT2D eigenvalue weighted by molar-refractivity contribution is 5.33. The lowest BCUT2D eigenvalue weighted by Gasteiger charge is -2.45. The summed E-state index contributed by atoms with van der Waals surface area (Å²) in [6.07, 6.45) is 14.7. The fraction of sp³-hybridized carbons (Fsp3) is 0.708. The van der Waals surface area contributed by atoms with E-state index in [0.29, 0.717) is 0 Å². The van der Waals surface area contributed by atoms with E-state index in [0.717, 1.165) is 41.1 Å². The van der Waals surface area contributed by atoms with Crippen molar-refractivity contribution in [1.82, 2.24) is 0 Å². The lowest BCUT2D eigenvalue weighted by atomic mass is 9.61. The third-order valence-corrected chi connectivity index (χ3v) is 7.87. The molecule has 1 nitrogen and oxygen atoms in total. The Morgan fingerprint density at radius 1 is 0.720 bits per heavy atom. The SMILES string of the molecule is CC1CCC2CC(C3CCC(c4ccc(C#N)cc4)CC3)CCC2C1. The fourth-order valence-electron chi connectivity index (χ4n) is 6.34. The lowest BCUT2D eigenvalue weighted by Crippen LogP contribution is -2.34. The fourth-order valence-corrected chi connectivity index (χ4v) is 6.34. The normalized spacial score (nSPS) is 38.6. The van der Waals surface area contributed by atoms with Crippen molar-refractivity contribution in [3.05, 3.63) is 35.4 Å². The molecule has 1 aromatic rings. The Bertz CT molecular complexity index is 602. The van der Waals surface area contributed by atoms with Gasteiger partial charge in [-0.05, 0) is 111 Å². The summed E-state index contributed by atoms with van der Waals surface area (Å²) in [5.74, 6) is 5.87. The molecule has 3 aliphatic rings. The first kappa shape index (κ1) is 17.1. The number of nitrogens with zero attached hydrogens (tertiary/aromatic N) is 1. The molecule has 1 heteroatoms. The van der Waals surface area contributed by atoms with Crippen LogP contribution in [0.4, 0.5) is 0 Å². The second-order valence-corrected chi connectivity index (χ2v) is 9.36. The van der Waals surface area contributed by atoms with Gasteiger partial charge in [0.05, 0.1) is 11.6 Å². The third-order valence-electron chi connectivity index (χ3n) is 7.87. The van der Waals surface area contributed by atoms with E-state index in [-0.39, 0.29) is 0 Å². The van der Waals surface area contributed by atoms with E-state index < -0.39 is 0 Å². The Hall–Kier alpha value is -1.29. The lowest BCUT2D eigenvalue weighted by molar-refractivity contribution is 0.0672. The Morgan fingerprint density at radius 3 is 1.96 bits per heavy atom. The summed E-state index contributed by atoms with van der Waals surface area (Å²) in [5.41, 5.74) is 2.25. The highest BCUT2D eigenvalue weighted by atomic mass is 14.4. The summed E-state index contributed by atoms with van der Waals surface area (Å²) in [6.45, 7) is 2.47. The monoisotopic (exact) mass is 335 g/mol. The number of hydrogen-bond donors (Lipinski definition) is 0. The van der Waals surface area contributed by atoms with Crippen LogP contribution < -0.4 is 0 Å². The van der Waals surface area contributed by atoms with E-state index in [1.165, 1.54) is 63.4 Å². The minimum absolute atomic E-state index is 0.732. The molecular weight excluding hydrogens is 302 g/mol. The van der Waals surface area contributed by atoms with Crippen molar-refractivity contribution in [3.8, 4) is 6.07 Å². The molecule has 0 bridgehead atoms. The topological polar surface area (TPSA) is 23.8 Å². The Labute approximate surface area is 153 Å². The minimum Gasteiger partial charge on any atom is -0.192 e. The molecule has 4 atom stereocenters. The molecule has 0 spiro atoms. The van der Waals surface area contributed by atoms with Crippen molar-refractivity contribution in [3.63, 3.8) is 0 Å². The number of fused-ring (bicyclic) bond motifs is 1. The van der Waals surface area contributed by atoms with Gasteiger partial charge in [-0.3, -0.25) is 0 Å². The van der Waals surface area contributed by atoms with Gasteiger partial charge in [0.15, 0.2) is 0 Å². The van der Waals surface area contributed by atoms with Crippen LogP contribution in [0.3, 0.4) is 0 Å². The molecular formula is C24H33N. The maximum absolute atomic E-state index is 8.96. The van der Waals surface area contributed by atoms with E-state index in [2.05, 4.69) is 25.1 Å². The van der Waals surface area contributed by atoms with E-state index in [4.69, 9.17) is 5.26 Å². The van der Waals surface area contributed by atoms with Crippen molar-refractivity contribution in [2.75, 3.05) is 0 Å². The average molecular weight is 336 g/mol. The summed E-state index contributed by atoms with van der Waals surface area (Å²) >= 11 is 0. The molecule has 0 aliphatic heterocycles. The first-order chi connectivity index (χ1) is 12.2. The van der Waals surface area contributed by atoms with Crippen LogP contribution in [0.25, 0.3) is 0 Å². The van der Waals surface area contributed by atoms with E-state index >= 15 is 0 Å². The van der Waals surface area contributed by atoms with Gasteiger partial charge in [-0.1, -0.05) is 25.5 Å². The van der Waals surface area contributed by atoms with Crippen molar-refractivity contribution >= 4 is 0 Å². The van der Waals surface area contributed by atoms with E-state index in [9.17, 15) is 0 Å². The van der Waals surface area contributed by atoms with E-state index in [1.807, 2.05) is 12.1 Å². The zero-order chi connectivity index (χ0) is 17.2. The van der Waals surface area contributed by atoms with E-state index in [1.54, 1.807) is 6.42 Å². The highest BCUT2D eigenvalue weighted by Crippen LogP contribution is 2.49. The quantitative estimate of drug-likeness (QED) is 0.591. The standard InChI is InChI=1S/C24H33N/c1-17-2-5-24-15-23(13-12-22(24)14-17)21-10-8-20(9-11-21)19-6-3-18(16-25)4-7-19/h3-4,6-7,17,20-24H,2,5,8-15H2,1H3. The molecule has 0 heterocycles. The summed E-state index contributed by atoms with van der Waals surface area (Å²) in [7, 11) is 0. The third kappa shape index (κ3) is 3.79. The van der Waals surface area contributed by atoms with Crippen LogP contribution in [0.15, 0.2) is 24.3 Å². The first-order valence-corrected chi connectivity index (χ1v) is 10.7. The molecule has 134 valence electrons.